The summed E-state index contributed by atoms with van der Waals surface area (Å²) < 4.78 is 1.70. The summed E-state index contributed by atoms with van der Waals surface area (Å²) in [5.74, 6) is -0.106. The number of nitrogens with zero attached hydrogens (tertiary/aromatic N) is 4. The van der Waals surface area contributed by atoms with Crippen molar-refractivity contribution >= 4 is 22.8 Å². The monoisotopic (exact) mass is 391 g/mol. The quantitative estimate of drug-likeness (QED) is 0.725. The predicted octanol–water partition coefficient (Wildman–Crippen LogP) is 2.69. The highest BCUT2D eigenvalue weighted by Crippen LogP contribution is 2.26. The first-order valence-electron chi connectivity index (χ1n) is 10.0. The molecular weight excluding hydrogens is 366 g/mol. The van der Waals surface area contributed by atoms with Gasteiger partial charge in [-0.15, -0.1) is 0 Å². The second-order valence-corrected chi connectivity index (χ2v) is 7.42. The highest BCUT2D eigenvalue weighted by Gasteiger charge is 2.21. The number of likely N-dealkylation sites (tertiary alicyclic amines) is 1. The number of carbonyl (C=O) groups excluding carboxylic acids is 2. The van der Waals surface area contributed by atoms with Gasteiger partial charge in [0.1, 0.15) is 0 Å². The number of rotatable bonds is 5. The van der Waals surface area contributed by atoms with E-state index < -0.39 is 0 Å². The Labute approximate surface area is 169 Å². The summed E-state index contributed by atoms with van der Waals surface area (Å²) >= 11 is 0. The number of pyridine rings is 1. The first-order chi connectivity index (χ1) is 14.0. The average molecular weight is 391 g/mol. The highest BCUT2D eigenvalue weighted by atomic mass is 16.2. The molecule has 150 valence electrons. The van der Waals surface area contributed by atoms with E-state index in [9.17, 15) is 9.59 Å². The zero-order valence-corrected chi connectivity index (χ0v) is 16.8. The summed E-state index contributed by atoms with van der Waals surface area (Å²) in [6, 6.07) is 11.6. The fraction of sp³-hybridized carbons (Fsp3) is 0.364. The van der Waals surface area contributed by atoms with E-state index >= 15 is 0 Å². The van der Waals surface area contributed by atoms with E-state index in [0.29, 0.717) is 24.2 Å². The molecule has 29 heavy (non-hydrogen) atoms. The van der Waals surface area contributed by atoms with Gasteiger partial charge >= 0.3 is 0 Å². The summed E-state index contributed by atoms with van der Waals surface area (Å²) in [6.07, 6.45) is 2.45. The molecule has 3 aromatic rings. The maximum atomic E-state index is 13.0. The lowest BCUT2D eigenvalue weighted by molar-refractivity contribution is -0.129. The van der Waals surface area contributed by atoms with Gasteiger partial charge in [-0.05, 0) is 25.8 Å². The van der Waals surface area contributed by atoms with Crippen LogP contribution in [0.5, 0.6) is 0 Å². The van der Waals surface area contributed by atoms with Gasteiger partial charge in [-0.3, -0.25) is 14.3 Å². The Morgan fingerprint density at radius 1 is 1.14 bits per heavy atom. The normalized spacial score (nSPS) is 13.8. The molecule has 0 unspecified atom stereocenters. The maximum Gasteiger partial charge on any atom is 0.252 e. The molecule has 0 saturated carbocycles. The summed E-state index contributed by atoms with van der Waals surface area (Å²) in [7, 11) is 1.83. The van der Waals surface area contributed by atoms with Crippen LogP contribution >= 0.6 is 0 Å². The van der Waals surface area contributed by atoms with Gasteiger partial charge < -0.3 is 10.2 Å². The van der Waals surface area contributed by atoms with Crippen molar-refractivity contribution in [2.24, 2.45) is 7.05 Å². The largest absolute Gasteiger partial charge is 0.351 e. The Kier molecular flexibility index (Phi) is 5.29. The number of carbonyl (C=O) groups is 2. The number of aryl methyl sites for hydroxylation is 2. The Bertz CT molecular complexity index is 1050. The fourth-order valence-corrected chi connectivity index (χ4v) is 3.88. The van der Waals surface area contributed by atoms with Gasteiger partial charge in [0.05, 0.1) is 22.3 Å². The molecule has 1 aliphatic rings. The van der Waals surface area contributed by atoms with Crippen molar-refractivity contribution in [2.75, 3.05) is 19.6 Å². The van der Waals surface area contributed by atoms with Crippen molar-refractivity contribution in [3.05, 3.63) is 47.7 Å². The fourth-order valence-electron chi connectivity index (χ4n) is 3.88. The van der Waals surface area contributed by atoms with Crippen LogP contribution in [-0.2, 0) is 11.8 Å². The van der Waals surface area contributed by atoms with Crippen molar-refractivity contribution in [3.8, 4) is 11.3 Å². The van der Waals surface area contributed by atoms with Gasteiger partial charge in [0.25, 0.3) is 5.91 Å². The second kappa shape index (κ2) is 8.03. The van der Waals surface area contributed by atoms with Crippen molar-refractivity contribution in [1.82, 2.24) is 25.0 Å². The topological polar surface area (TPSA) is 80.1 Å². The molecule has 2 amide bonds. The molecule has 3 heterocycles. The molecule has 1 saturated heterocycles. The van der Waals surface area contributed by atoms with E-state index in [4.69, 9.17) is 4.98 Å². The lowest BCUT2D eigenvalue weighted by Crippen LogP contribution is -2.32. The van der Waals surface area contributed by atoms with Crippen LogP contribution in [0.1, 0.15) is 35.3 Å². The number of nitrogens with one attached hydrogen (secondary N) is 1. The van der Waals surface area contributed by atoms with Crippen LogP contribution in [0.4, 0.5) is 0 Å². The molecule has 0 spiro atoms. The van der Waals surface area contributed by atoms with Gasteiger partial charge in [-0.25, -0.2) is 4.98 Å². The number of amides is 2. The number of fused-ring (bicyclic) bond motifs is 1. The van der Waals surface area contributed by atoms with Crippen molar-refractivity contribution in [1.29, 1.82) is 0 Å². The minimum atomic E-state index is -0.208. The number of hydrogen-bond donors (Lipinski definition) is 1. The summed E-state index contributed by atoms with van der Waals surface area (Å²) in [4.78, 5) is 31.8. The van der Waals surface area contributed by atoms with E-state index in [-0.39, 0.29) is 11.8 Å². The van der Waals surface area contributed by atoms with Gasteiger partial charge in [0.15, 0.2) is 5.65 Å². The lowest BCUT2D eigenvalue weighted by Gasteiger charge is -2.15. The molecule has 1 fully saturated rings. The van der Waals surface area contributed by atoms with Crippen LogP contribution in [0.25, 0.3) is 22.3 Å². The molecule has 2 aromatic heterocycles. The molecule has 4 rings (SSSR count). The molecule has 7 nitrogen and oxygen atoms in total. The van der Waals surface area contributed by atoms with Crippen LogP contribution in [0, 0.1) is 6.92 Å². The van der Waals surface area contributed by atoms with E-state index in [1.165, 1.54) is 0 Å². The summed E-state index contributed by atoms with van der Waals surface area (Å²) in [5.41, 5.74) is 3.62. The minimum absolute atomic E-state index is 0.102. The average Bonchev–Trinajstić information content (AvgIpc) is 3.37. The molecular formula is C22H25N5O2. The van der Waals surface area contributed by atoms with E-state index in [2.05, 4.69) is 10.4 Å². The van der Waals surface area contributed by atoms with E-state index in [0.717, 1.165) is 48.3 Å². The van der Waals surface area contributed by atoms with Crippen molar-refractivity contribution in [3.63, 3.8) is 0 Å². The predicted molar refractivity (Wildman–Crippen MR) is 111 cm³/mol. The third kappa shape index (κ3) is 3.85. The minimum Gasteiger partial charge on any atom is -0.351 e. The second-order valence-electron chi connectivity index (χ2n) is 7.42. The standard InChI is InChI=1S/C22H25N5O2/c1-15-20-17(22(29)23-11-10-19(28)27-12-6-7-13-27)14-18(16-8-4-3-5-9-16)24-21(20)26(2)25-15/h3-5,8-9,14H,6-7,10-13H2,1-2H3,(H,23,29). The van der Waals surface area contributed by atoms with Crippen molar-refractivity contribution in [2.45, 2.75) is 26.2 Å². The Hall–Kier alpha value is -3.22. The molecule has 1 aliphatic heterocycles. The van der Waals surface area contributed by atoms with Gasteiger partial charge in [-0.2, -0.15) is 5.10 Å². The number of aromatic nitrogens is 3. The third-order valence-electron chi connectivity index (χ3n) is 5.37. The van der Waals surface area contributed by atoms with Crippen LogP contribution < -0.4 is 5.32 Å². The van der Waals surface area contributed by atoms with Crippen LogP contribution in [0.15, 0.2) is 36.4 Å². The first kappa shape index (κ1) is 19.1. The van der Waals surface area contributed by atoms with Crippen LogP contribution in [-0.4, -0.2) is 51.1 Å². The lowest BCUT2D eigenvalue weighted by atomic mass is 10.0. The third-order valence-corrected chi connectivity index (χ3v) is 5.37. The van der Waals surface area contributed by atoms with Crippen LogP contribution in [0.3, 0.4) is 0 Å². The number of hydrogen-bond acceptors (Lipinski definition) is 4. The van der Waals surface area contributed by atoms with E-state index in [1.807, 2.05) is 55.3 Å². The van der Waals surface area contributed by atoms with Gasteiger partial charge in [0.2, 0.25) is 5.91 Å². The maximum absolute atomic E-state index is 13.0. The Morgan fingerprint density at radius 3 is 2.59 bits per heavy atom. The molecule has 0 atom stereocenters. The van der Waals surface area contributed by atoms with E-state index in [1.54, 1.807) is 4.68 Å². The molecule has 1 aromatic carbocycles. The molecule has 7 heteroatoms. The first-order valence-corrected chi connectivity index (χ1v) is 10.0. The molecule has 0 radical (unpaired) electrons. The van der Waals surface area contributed by atoms with Gasteiger partial charge in [-0.1, -0.05) is 30.3 Å². The zero-order valence-electron chi connectivity index (χ0n) is 16.8. The SMILES string of the molecule is Cc1nn(C)c2nc(-c3ccccc3)cc(C(=O)NCCC(=O)N3CCCC3)c12. The molecule has 0 bridgehead atoms. The van der Waals surface area contributed by atoms with Crippen molar-refractivity contribution < 1.29 is 9.59 Å². The number of benzene rings is 1. The summed E-state index contributed by atoms with van der Waals surface area (Å²) in [5, 5.41) is 8.10. The smallest absolute Gasteiger partial charge is 0.252 e. The van der Waals surface area contributed by atoms with Gasteiger partial charge in [0, 0.05) is 38.7 Å². The molecule has 1 N–H and O–H groups in total. The zero-order chi connectivity index (χ0) is 20.4. The summed E-state index contributed by atoms with van der Waals surface area (Å²) in [6.45, 7) is 3.85. The highest BCUT2D eigenvalue weighted by molar-refractivity contribution is 6.07. The Balaban J connectivity index is 1.59. The molecule has 0 aliphatic carbocycles. The van der Waals surface area contributed by atoms with Crippen LogP contribution in [0.2, 0.25) is 0 Å². The Morgan fingerprint density at radius 2 is 1.86 bits per heavy atom.